The maximum absolute atomic E-state index is 11.7. The van der Waals surface area contributed by atoms with Crippen molar-refractivity contribution < 1.29 is 9.53 Å². The van der Waals surface area contributed by atoms with Crippen LogP contribution in [-0.2, 0) is 4.79 Å². The van der Waals surface area contributed by atoms with Gasteiger partial charge in [0.25, 0.3) is 0 Å². The summed E-state index contributed by atoms with van der Waals surface area (Å²) in [5.74, 6) is 0.0208. The first-order chi connectivity index (χ1) is 8.12. The van der Waals surface area contributed by atoms with Crippen molar-refractivity contribution in [1.82, 2.24) is 0 Å². The lowest BCUT2D eigenvalue weighted by Gasteiger charge is -2.13. The third-order valence-corrected chi connectivity index (χ3v) is 2.39. The van der Waals surface area contributed by atoms with Crippen LogP contribution in [0.15, 0.2) is 18.2 Å². The highest BCUT2D eigenvalue weighted by Crippen LogP contribution is 2.25. The molecule has 1 rings (SSSR count). The second-order valence-electron chi connectivity index (χ2n) is 3.65. The second kappa shape index (κ2) is 5.87. The number of amides is 1. The van der Waals surface area contributed by atoms with E-state index in [1.165, 1.54) is 7.11 Å². The van der Waals surface area contributed by atoms with E-state index in [4.69, 9.17) is 15.7 Å². The van der Waals surface area contributed by atoms with E-state index in [0.717, 1.165) is 0 Å². The number of ether oxygens (including phenoxy) is 1. The number of rotatable bonds is 4. The summed E-state index contributed by atoms with van der Waals surface area (Å²) in [4.78, 5) is 11.7. The number of nitriles is 1. The lowest BCUT2D eigenvalue weighted by atomic mass is 10.1. The summed E-state index contributed by atoms with van der Waals surface area (Å²) < 4.78 is 5.11. The van der Waals surface area contributed by atoms with E-state index in [-0.39, 0.29) is 18.4 Å². The van der Waals surface area contributed by atoms with E-state index in [1.807, 2.05) is 6.07 Å². The second-order valence-corrected chi connectivity index (χ2v) is 3.65. The first kappa shape index (κ1) is 13.0. The molecule has 5 nitrogen and oxygen atoms in total. The minimum absolute atomic E-state index is 0.171. The zero-order valence-electron chi connectivity index (χ0n) is 9.86. The predicted molar refractivity (Wildman–Crippen MR) is 64.6 cm³/mol. The van der Waals surface area contributed by atoms with Gasteiger partial charge in [-0.25, -0.2) is 0 Å². The van der Waals surface area contributed by atoms with Gasteiger partial charge in [0.1, 0.15) is 5.75 Å². The van der Waals surface area contributed by atoms with Crippen molar-refractivity contribution >= 4 is 11.6 Å². The van der Waals surface area contributed by atoms with E-state index >= 15 is 0 Å². The molecule has 1 aromatic rings. The van der Waals surface area contributed by atoms with Gasteiger partial charge in [0.15, 0.2) is 0 Å². The van der Waals surface area contributed by atoms with Crippen LogP contribution in [0.25, 0.3) is 0 Å². The Morgan fingerprint density at radius 2 is 2.35 bits per heavy atom. The maximum Gasteiger partial charge on any atom is 0.228 e. The van der Waals surface area contributed by atoms with Crippen LogP contribution in [0.1, 0.15) is 12.5 Å². The molecular formula is C12H15N3O2. The summed E-state index contributed by atoms with van der Waals surface area (Å²) in [6.45, 7) is 2.02. The molecule has 5 heteroatoms. The van der Waals surface area contributed by atoms with Gasteiger partial charge in [0.2, 0.25) is 5.91 Å². The number of benzene rings is 1. The number of nitrogens with zero attached hydrogens (tertiary/aromatic N) is 1. The van der Waals surface area contributed by atoms with Crippen LogP contribution in [0.5, 0.6) is 5.75 Å². The standard InChI is InChI=1S/C12H15N3O2/c1-8(6-13)12(16)15-10-4-3-9(7-14)5-11(10)17-2/h3-5,8H,6,13H2,1-2H3,(H,15,16). The topological polar surface area (TPSA) is 88.1 Å². The van der Waals surface area contributed by atoms with E-state index in [0.29, 0.717) is 17.0 Å². The summed E-state index contributed by atoms with van der Waals surface area (Å²) in [5.41, 5.74) is 6.42. The number of nitrogens with one attached hydrogen (secondary N) is 1. The number of hydrogen-bond donors (Lipinski definition) is 2. The van der Waals surface area contributed by atoms with E-state index < -0.39 is 0 Å². The van der Waals surface area contributed by atoms with Gasteiger partial charge in [-0.1, -0.05) is 6.92 Å². The molecule has 0 saturated heterocycles. The molecule has 1 amide bonds. The summed E-state index contributed by atoms with van der Waals surface area (Å²) in [6.07, 6.45) is 0. The Morgan fingerprint density at radius 3 is 2.88 bits per heavy atom. The lowest BCUT2D eigenvalue weighted by molar-refractivity contribution is -0.119. The largest absolute Gasteiger partial charge is 0.495 e. The van der Waals surface area contributed by atoms with Gasteiger partial charge in [0, 0.05) is 18.5 Å². The zero-order chi connectivity index (χ0) is 12.8. The van der Waals surface area contributed by atoms with Crippen LogP contribution in [0.4, 0.5) is 5.69 Å². The number of nitrogens with two attached hydrogens (primary N) is 1. The van der Waals surface area contributed by atoms with Crippen LogP contribution >= 0.6 is 0 Å². The Labute approximate surface area is 100 Å². The maximum atomic E-state index is 11.7. The smallest absolute Gasteiger partial charge is 0.228 e. The third-order valence-electron chi connectivity index (χ3n) is 2.39. The highest BCUT2D eigenvalue weighted by molar-refractivity contribution is 5.94. The molecule has 0 saturated carbocycles. The zero-order valence-corrected chi connectivity index (χ0v) is 9.86. The van der Waals surface area contributed by atoms with Gasteiger partial charge in [0.05, 0.1) is 24.4 Å². The predicted octanol–water partition coefficient (Wildman–Crippen LogP) is 1.10. The molecule has 0 radical (unpaired) electrons. The monoisotopic (exact) mass is 233 g/mol. The van der Waals surface area contributed by atoms with Crippen molar-refractivity contribution in [3.63, 3.8) is 0 Å². The minimum atomic E-state index is -0.268. The summed E-state index contributed by atoms with van der Waals surface area (Å²) >= 11 is 0. The fourth-order valence-corrected chi connectivity index (χ4v) is 1.23. The fraction of sp³-hybridized carbons (Fsp3) is 0.333. The summed E-state index contributed by atoms with van der Waals surface area (Å²) in [5, 5.41) is 11.5. The Bertz CT molecular complexity index is 452. The molecule has 0 aliphatic rings. The van der Waals surface area contributed by atoms with E-state index in [1.54, 1.807) is 25.1 Å². The first-order valence-corrected chi connectivity index (χ1v) is 5.21. The van der Waals surface area contributed by atoms with E-state index in [2.05, 4.69) is 5.32 Å². The SMILES string of the molecule is COc1cc(C#N)ccc1NC(=O)C(C)CN. The van der Waals surface area contributed by atoms with Crippen molar-refractivity contribution in [2.24, 2.45) is 11.7 Å². The van der Waals surface area contributed by atoms with Gasteiger partial charge in [-0.15, -0.1) is 0 Å². The Morgan fingerprint density at radius 1 is 1.65 bits per heavy atom. The molecule has 1 atom stereocenters. The average Bonchev–Trinajstić information content (AvgIpc) is 2.37. The quantitative estimate of drug-likeness (QED) is 0.815. The highest BCUT2D eigenvalue weighted by Gasteiger charge is 2.13. The number of hydrogen-bond acceptors (Lipinski definition) is 4. The number of anilines is 1. The van der Waals surface area contributed by atoms with Crippen molar-refractivity contribution in [3.8, 4) is 11.8 Å². The van der Waals surface area contributed by atoms with Gasteiger partial charge in [-0.3, -0.25) is 4.79 Å². The average molecular weight is 233 g/mol. The molecule has 0 aliphatic heterocycles. The summed E-state index contributed by atoms with van der Waals surface area (Å²) in [6, 6.07) is 6.83. The van der Waals surface area contributed by atoms with Gasteiger partial charge >= 0.3 is 0 Å². The van der Waals surface area contributed by atoms with E-state index in [9.17, 15) is 4.79 Å². The molecule has 0 fully saturated rings. The highest BCUT2D eigenvalue weighted by atomic mass is 16.5. The number of carbonyl (C=O) groups excluding carboxylic acids is 1. The van der Waals surface area contributed by atoms with Gasteiger partial charge < -0.3 is 15.8 Å². The van der Waals surface area contributed by atoms with Crippen molar-refractivity contribution in [2.75, 3.05) is 19.0 Å². The Balaban J connectivity index is 2.92. The molecule has 0 aliphatic carbocycles. The first-order valence-electron chi connectivity index (χ1n) is 5.21. The molecule has 1 aromatic carbocycles. The fourth-order valence-electron chi connectivity index (χ4n) is 1.23. The molecule has 0 aromatic heterocycles. The van der Waals surface area contributed by atoms with Crippen molar-refractivity contribution in [3.05, 3.63) is 23.8 Å². The van der Waals surface area contributed by atoms with Crippen LogP contribution in [0, 0.1) is 17.2 Å². The van der Waals surface area contributed by atoms with Crippen LogP contribution < -0.4 is 15.8 Å². The molecule has 0 heterocycles. The van der Waals surface area contributed by atoms with Gasteiger partial charge in [-0.05, 0) is 12.1 Å². The van der Waals surface area contributed by atoms with Crippen LogP contribution in [0.2, 0.25) is 0 Å². The van der Waals surface area contributed by atoms with Crippen LogP contribution in [-0.4, -0.2) is 19.6 Å². The Hall–Kier alpha value is -2.06. The number of carbonyl (C=O) groups is 1. The molecule has 90 valence electrons. The molecule has 1 unspecified atom stereocenters. The normalized spacial score (nSPS) is 11.4. The van der Waals surface area contributed by atoms with Crippen molar-refractivity contribution in [1.29, 1.82) is 5.26 Å². The summed E-state index contributed by atoms with van der Waals surface area (Å²) in [7, 11) is 1.48. The van der Waals surface area contributed by atoms with Gasteiger partial charge in [-0.2, -0.15) is 5.26 Å². The minimum Gasteiger partial charge on any atom is -0.495 e. The molecular weight excluding hydrogens is 218 g/mol. The molecule has 3 N–H and O–H groups in total. The number of methoxy groups -OCH3 is 1. The van der Waals surface area contributed by atoms with Crippen molar-refractivity contribution in [2.45, 2.75) is 6.92 Å². The van der Waals surface area contributed by atoms with Crippen LogP contribution in [0.3, 0.4) is 0 Å². The lowest BCUT2D eigenvalue weighted by Crippen LogP contribution is -2.26. The molecule has 17 heavy (non-hydrogen) atoms. The Kier molecular flexibility index (Phi) is 4.49. The molecule has 0 spiro atoms. The molecule has 0 bridgehead atoms. The third kappa shape index (κ3) is 3.20.